The van der Waals surface area contributed by atoms with Gasteiger partial charge >= 0.3 is 5.97 Å². The van der Waals surface area contributed by atoms with Crippen LogP contribution in [-0.4, -0.2) is 51.9 Å². The molecule has 32 heavy (non-hydrogen) atoms. The smallest absolute Gasteiger partial charge is 0.343 e. The lowest BCUT2D eigenvalue weighted by Gasteiger charge is -2.10. The SMILES string of the molecule is COC(=O)COc1ccc(C=NNC(=O)CCC(=O)Nc2ccccc2OC)cc1OC. The number of methoxy groups -OCH3 is 3. The highest BCUT2D eigenvalue weighted by Crippen LogP contribution is 2.27. The van der Waals surface area contributed by atoms with Crippen molar-refractivity contribution in [2.45, 2.75) is 12.8 Å². The van der Waals surface area contributed by atoms with E-state index in [1.54, 1.807) is 42.5 Å². The Labute approximate surface area is 185 Å². The topological polar surface area (TPSA) is 125 Å². The van der Waals surface area contributed by atoms with E-state index in [2.05, 4.69) is 20.6 Å². The van der Waals surface area contributed by atoms with E-state index in [0.717, 1.165) is 0 Å². The average Bonchev–Trinajstić information content (AvgIpc) is 2.81. The second-order valence-electron chi connectivity index (χ2n) is 6.32. The Balaban J connectivity index is 1.82. The molecule has 2 rings (SSSR count). The lowest BCUT2D eigenvalue weighted by Crippen LogP contribution is -2.20. The summed E-state index contributed by atoms with van der Waals surface area (Å²) in [6, 6.07) is 11.9. The summed E-state index contributed by atoms with van der Waals surface area (Å²) in [5.74, 6) is 0.0312. The monoisotopic (exact) mass is 443 g/mol. The summed E-state index contributed by atoms with van der Waals surface area (Å²) in [6.45, 7) is -0.249. The summed E-state index contributed by atoms with van der Waals surface area (Å²) in [5.41, 5.74) is 3.53. The number of para-hydroxylation sites is 2. The predicted molar refractivity (Wildman–Crippen MR) is 117 cm³/mol. The molecule has 2 amide bonds. The van der Waals surface area contributed by atoms with Crippen LogP contribution < -0.4 is 25.0 Å². The highest BCUT2D eigenvalue weighted by molar-refractivity contribution is 5.94. The van der Waals surface area contributed by atoms with E-state index in [1.165, 1.54) is 27.5 Å². The molecule has 2 aromatic rings. The number of amides is 2. The number of ether oxygens (including phenoxy) is 4. The van der Waals surface area contributed by atoms with Crippen LogP contribution in [0.3, 0.4) is 0 Å². The Bertz CT molecular complexity index is 976. The molecule has 0 heterocycles. The average molecular weight is 443 g/mol. The predicted octanol–water partition coefficient (Wildman–Crippen LogP) is 2.12. The third-order valence-electron chi connectivity index (χ3n) is 4.12. The first-order valence-electron chi connectivity index (χ1n) is 9.59. The summed E-state index contributed by atoms with van der Waals surface area (Å²) in [6.07, 6.45) is 1.36. The second kappa shape index (κ2) is 12.6. The molecule has 0 fully saturated rings. The minimum absolute atomic E-state index is 0.0144. The maximum Gasteiger partial charge on any atom is 0.343 e. The molecule has 10 heteroatoms. The van der Waals surface area contributed by atoms with Crippen LogP contribution in [0, 0.1) is 0 Å². The summed E-state index contributed by atoms with van der Waals surface area (Å²) in [5, 5.41) is 6.58. The van der Waals surface area contributed by atoms with Crippen molar-refractivity contribution in [2.24, 2.45) is 5.10 Å². The van der Waals surface area contributed by atoms with Gasteiger partial charge in [-0.2, -0.15) is 5.10 Å². The lowest BCUT2D eigenvalue weighted by atomic mass is 10.2. The molecule has 0 atom stereocenters. The van der Waals surface area contributed by atoms with E-state index in [9.17, 15) is 14.4 Å². The number of nitrogens with zero attached hydrogens (tertiary/aromatic N) is 1. The van der Waals surface area contributed by atoms with E-state index in [0.29, 0.717) is 28.5 Å². The van der Waals surface area contributed by atoms with Crippen molar-refractivity contribution < 1.29 is 33.3 Å². The van der Waals surface area contributed by atoms with Crippen LogP contribution in [-0.2, 0) is 19.1 Å². The van der Waals surface area contributed by atoms with Crippen molar-refractivity contribution in [2.75, 3.05) is 33.3 Å². The van der Waals surface area contributed by atoms with Gasteiger partial charge in [0.25, 0.3) is 0 Å². The molecule has 170 valence electrons. The number of nitrogens with one attached hydrogen (secondary N) is 2. The number of anilines is 1. The van der Waals surface area contributed by atoms with Crippen molar-refractivity contribution in [1.29, 1.82) is 0 Å². The number of hydrogen-bond donors (Lipinski definition) is 2. The Morgan fingerprint density at radius 1 is 0.906 bits per heavy atom. The molecule has 0 saturated carbocycles. The van der Waals surface area contributed by atoms with Gasteiger partial charge in [0.1, 0.15) is 5.75 Å². The Morgan fingerprint density at radius 2 is 1.62 bits per heavy atom. The Hall–Kier alpha value is -4.08. The first-order valence-corrected chi connectivity index (χ1v) is 9.59. The zero-order valence-corrected chi connectivity index (χ0v) is 18.0. The van der Waals surface area contributed by atoms with Crippen LogP contribution in [0.5, 0.6) is 17.2 Å². The number of benzene rings is 2. The van der Waals surface area contributed by atoms with Crippen molar-refractivity contribution in [1.82, 2.24) is 5.43 Å². The molecule has 0 aliphatic heterocycles. The maximum atomic E-state index is 12.1. The van der Waals surface area contributed by atoms with Gasteiger partial charge in [-0.3, -0.25) is 9.59 Å². The zero-order chi connectivity index (χ0) is 23.3. The second-order valence-corrected chi connectivity index (χ2v) is 6.32. The van der Waals surface area contributed by atoms with Crippen molar-refractivity contribution in [3.05, 3.63) is 48.0 Å². The van der Waals surface area contributed by atoms with Gasteiger partial charge in [0.15, 0.2) is 18.1 Å². The Kier molecular flexibility index (Phi) is 9.51. The van der Waals surface area contributed by atoms with E-state index < -0.39 is 11.9 Å². The fraction of sp³-hybridized carbons (Fsp3) is 0.273. The summed E-state index contributed by atoms with van der Waals surface area (Å²) in [7, 11) is 4.23. The van der Waals surface area contributed by atoms with Crippen LogP contribution >= 0.6 is 0 Å². The maximum absolute atomic E-state index is 12.1. The molecule has 0 aliphatic carbocycles. The van der Waals surface area contributed by atoms with E-state index in [4.69, 9.17) is 14.2 Å². The van der Waals surface area contributed by atoms with Crippen LogP contribution in [0.25, 0.3) is 0 Å². The quantitative estimate of drug-likeness (QED) is 0.310. The largest absolute Gasteiger partial charge is 0.495 e. The molecule has 2 aromatic carbocycles. The fourth-order valence-electron chi connectivity index (χ4n) is 2.50. The van der Waals surface area contributed by atoms with Crippen LogP contribution in [0.15, 0.2) is 47.6 Å². The normalized spacial score (nSPS) is 10.3. The highest BCUT2D eigenvalue weighted by Gasteiger charge is 2.10. The molecule has 0 radical (unpaired) electrons. The van der Waals surface area contributed by atoms with E-state index >= 15 is 0 Å². The Morgan fingerprint density at radius 3 is 2.34 bits per heavy atom. The minimum atomic E-state index is -0.517. The summed E-state index contributed by atoms with van der Waals surface area (Å²) in [4.78, 5) is 35.2. The number of esters is 1. The standard InChI is InChI=1S/C22H25N3O7/c1-29-17-7-5-4-6-16(17)24-20(26)10-11-21(27)25-23-13-15-8-9-18(19(12-15)30-2)32-14-22(28)31-3/h4-9,12-13H,10-11,14H2,1-3H3,(H,24,26)(H,25,27). The number of carbonyl (C=O) groups excluding carboxylic acids is 3. The van der Waals surface area contributed by atoms with Gasteiger partial charge < -0.3 is 24.3 Å². The molecular weight excluding hydrogens is 418 g/mol. The molecule has 0 saturated heterocycles. The number of rotatable bonds is 11. The number of carbonyl (C=O) groups is 3. The molecule has 0 unspecified atom stereocenters. The third-order valence-corrected chi connectivity index (χ3v) is 4.12. The fourth-order valence-corrected chi connectivity index (χ4v) is 2.50. The van der Waals surface area contributed by atoms with E-state index in [-0.39, 0.29) is 25.4 Å². The number of hydrogen-bond acceptors (Lipinski definition) is 8. The molecular formula is C22H25N3O7. The molecule has 2 N–H and O–H groups in total. The summed E-state index contributed by atoms with van der Waals surface area (Å²) < 4.78 is 20.3. The zero-order valence-electron chi connectivity index (χ0n) is 18.0. The van der Waals surface area contributed by atoms with Crippen LogP contribution in [0.4, 0.5) is 5.69 Å². The molecule has 0 spiro atoms. The number of hydrazone groups is 1. The minimum Gasteiger partial charge on any atom is -0.495 e. The molecule has 10 nitrogen and oxygen atoms in total. The lowest BCUT2D eigenvalue weighted by molar-refractivity contribution is -0.143. The van der Waals surface area contributed by atoms with Crippen molar-refractivity contribution >= 4 is 29.7 Å². The summed E-state index contributed by atoms with van der Waals surface area (Å²) >= 11 is 0. The van der Waals surface area contributed by atoms with Crippen molar-refractivity contribution in [3.63, 3.8) is 0 Å². The van der Waals surface area contributed by atoms with Gasteiger partial charge in [0.2, 0.25) is 11.8 Å². The van der Waals surface area contributed by atoms with Crippen LogP contribution in [0.2, 0.25) is 0 Å². The van der Waals surface area contributed by atoms with E-state index in [1.807, 2.05) is 0 Å². The van der Waals surface area contributed by atoms with Gasteiger partial charge in [-0.25, -0.2) is 10.2 Å². The third kappa shape index (κ3) is 7.63. The van der Waals surface area contributed by atoms with Gasteiger partial charge in [-0.15, -0.1) is 0 Å². The van der Waals surface area contributed by atoms with Crippen molar-refractivity contribution in [3.8, 4) is 17.2 Å². The van der Waals surface area contributed by atoms with Crippen LogP contribution in [0.1, 0.15) is 18.4 Å². The van der Waals surface area contributed by atoms with Gasteiger partial charge in [-0.1, -0.05) is 12.1 Å². The molecule has 0 aromatic heterocycles. The molecule has 0 bridgehead atoms. The highest BCUT2D eigenvalue weighted by atomic mass is 16.6. The molecule has 0 aliphatic rings. The van der Waals surface area contributed by atoms with Gasteiger partial charge in [0.05, 0.1) is 33.2 Å². The first kappa shape index (κ1) is 24.2. The first-order chi connectivity index (χ1) is 15.5. The van der Waals surface area contributed by atoms with Gasteiger partial charge in [0, 0.05) is 12.8 Å². The van der Waals surface area contributed by atoms with Gasteiger partial charge in [-0.05, 0) is 35.9 Å².